The summed E-state index contributed by atoms with van der Waals surface area (Å²) < 4.78 is 0.981. The number of hydrogen-bond acceptors (Lipinski definition) is 1. The summed E-state index contributed by atoms with van der Waals surface area (Å²) in [5.74, 6) is 0.237. The molecule has 1 nitrogen and oxygen atoms in total. The average Bonchev–Trinajstić information content (AvgIpc) is 2.90. The molecule has 0 aliphatic heterocycles. The van der Waals surface area contributed by atoms with Gasteiger partial charge in [-0.2, -0.15) is 0 Å². The van der Waals surface area contributed by atoms with Crippen LogP contribution in [0.15, 0.2) is 22.7 Å². The van der Waals surface area contributed by atoms with Crippen LogP contribution in [-0.4, -0.2) is 5.78 Å². The van der Waals surface area contributed by atoms with Crippen LogP contribution in [0.3, 0.4) is 0 Å². The monoisotopic (exact) mass is 272 g/mol. The van der Waals surface area contributed by atoms with Gasteiger partial charge in [0.05, 0.1) is 5.41 Å². The van der Waals surface area contributed by atoms with Crippen LogP contribution in [0.4, 0.5) is 0 Å². The summed E-state index contributed by atoms with van der Waals surface area (Å²) in [6, 6.07) is 5.62. The Labute approximate surface area is 96.6 Å². The molecule has 0 spiro atoms. The maximum atomic E-state index is 11.5. The van der Waals surface area contributed by atoms with Gasteiger partial charge in [-0.3, -0.25) is 4.79 Å². The lowest BCUT2D eigenvalue weighted by atomic mass is 9.92. The molecule has 0 atom stereocenters. The highest BCUT2D eigenvalue weighted by Gasteiger charge is 2.49. The summed E-state index contributed by atoms with van der Waals surface area (Å²) in [5, 5.41) is 0.690. The normalized spacial score (nSPS) is 17.9. The van der Waals surface area contributed by atoms with Crippen LogP contribution in [0, 0.1) is 0 Å². The molecule has 0 aromatic heterocycles. The Balaban J connectivity index is 2.51. The van der Waals surface area contributed by atoms with E-state index in [-0.39, 0.29) is 11.2 Å². The molecule has 1 aromatic carbocycles. The average molecular weight is 274 g/mol. The molecule has 0 radical (unpaired) electrons. The first-order valence-corrected chi connectivity index (χ1v) is 5.70. The largest absolute Gasteiger partial charge is 0.299 e. The van der Waals surface area contributed by atoms with Crippen LogP contribution in [-0.2, 0) is 10.2 Å². The van der Waals surface area contributed by atoms with Gasteiger partial charge in [0.1, 0.15) is 5.78 Å². The van der Waals surface area contributed by atoms with E-state index in [2.05, 4.69) is 15.9 Å². The van der Waals surface area contributed by atoms with Gasteiger partial charge in [0.2, 0.25) is 0 Å². The molecule has 2 rings (SSSR count). The maximum Gasteiger partial charge on any atom is 0.140 e. The zero-order valence-electron chi connectivity index (χ0n) is 7.81. The Bertz CT molecular complexity index is 396. The van der Waals surface area contributed by atoms with Gasteiger partial charge in [0, 0.05) is 9.50 Å². The quantitative estimate of drug-likeness (QED) is 0.802. The number of ketones is 1. The van der Waals surface area contributed by atoms with Gasteiger partial charge in [0.25, 0.3) is 0 Å². The van der Waals surface area contributed by atoms with E-state index in [1.807, 2.05) is 18.2 Å². The Hall–Kier alpha value is -0.340. The SMILES string of the molecule is CC(=O)C1(c2cc(Cl)ccc2Br)CC1. The van der Waals surface area contributed by atoms with Crippen LogP contribution < -0.4 is 0 Å². The number of rotatable bonds is 2. The molecule has 14 heavy (non-hydrogen) atoms. The van der Waals surface area contributed by atoms with Crippen LogP contribution in [0.25, 0.3) is 0 Å². The van der Waals surface area contributed by atoms with E-state index in [9.17, 15) is 4.79 Å². The van der Waals surface area contributed by atoms with Gasteiger partial charge in [-0.25, -0.2) is 0 Å². The second-order valence-electron chi connectivity index (χ2n) is 3.76. The van der Waals surface area contributed by atoms with Crippen molar-refractivity contribution in [3.63, 3.8) is 0 Å². The molecular formula is C11H10BrClO. The second kappa shape index (κ2) is 3.35. The van der Waals surface area contributed by atoms with E-state index < -0.39 is 0 Å². The fourth-order valence-corrected chi connectivity index (χ4v) is 2.60. The number of Topliss-reactive ketones (excluding diaryl/α,β-unsaturated/α-hetero) is 1. The molecule has 1 saturated carbocycles. The highest BCUT2D eigenvalue weighted by Crippen LogP contribution is 2.51. The highest BCUT2D eigenvalue weighted by molar-refractivity contribution is 9.10. The van der Waals surface area contributed by atoms with E-state index in [0.29, 0.717) is 5.02 Å². The molecule has 0 amide bonds. The van der Waals surface area contributed by atoms with Crippen molar-refractivity contribution in [3.8, 4) is 0 Å². The summed E-state index contributed by atoms with van der Waals surface area (Å²) in [4.78, 5) is 11.5. The molecule has 0 saturated heterocycles. The van der Waals surface area contributed by atoms with Crippen LogP contribution in [0.2, 0.25) is 5.02 Å². The Kier molecular flexibility index (Phi) is 2.44. The Morgan fingerprint density at radius 3 is 2.64 bits per heavy atom. The third kappa shape index (κ3) is 1.51. The standard InChI is InChI=1S/C11H10BrClO/c1-7(14)11(4-5-11)9-6-8(13)2-3-10(9)12/h2-3,6H,4-5H2,1H3. The molecule has 74 valence electrons. The van der Waals surface area contributed by atoms with E-state index in [0.717, 1.165) is 22.9 Å². The van der Waals surface area contributed by atoms with Gasteiger partial charge in [-0.05, 0) is 43.5 Å². The van der Waals surface area contributed by atoms with Crippen LogP contribution in [0.5, 0.6) is 0 Å². The third-order valence-electron chi connectivity index (χ3n) is 2.87. The molecule has 0 heterocycles. The van der Waals surface area contributed by atoms with Crippen molar-refractivity contribution in [1.82, 2.24) is 0 Å². The fourth-order valence-electron chi connectivity index (χ4n) is 1.80. The lowest BCUT2D eigenvalue weighted by Crippen LogP contribution is -2.17. The molecule has 1 aliphatic rings. The van der Waals surface area contributed by atoms with E-state index in [1.165, 1.54) is 0 Å². The molecule has 3 heteroatoms. The predicted octanol–water partition coefficient (Wildman–Crippen LogP) is 3.72. The minimum Gasteiger partial charge on any atom is -0.299 e. The molecule has 1 aliphatic carbocycles. The molecular weight excluding hydrogens is 263 g/mol. The van der Waals surface area contributed by atoms with Crippen molar-refractivity contribution in [2.45, 2.75) is 25.2 Å². The first-order valence-electron chi connectivity index (χ1n) is 4.53. The number of halogens is 2. The van der Waals surface area contributed by atoms with Crippen molar-refractivity contribution in [2.24, 2.45) is 0 Å². The summed E-state index contributed by atoms with van der Waals surface area (Å²) in [7, 11) is 0. The Morgan fingerprint density at radius 2 is 2.14 bits per heavy atom. The van der Waals surface area contributed by atoms with E-state index in [4.69, 9.17) is 11.6 Å². The van der Waals surface area contributed by atoms with Gasteiger partial charge in [-0.1, -0.05) is 27.5 Å². The zero-order chi connectivity index (χ0) is 10.3. The van der Waals surface area contributed by atoms with Crippen LogP contribution >= 0.6 is 27.5 Å². The van der Waals surface area contributed by atoms with Crippen molar-refractivity contribution in [1.29, 1.82) is 0 Å². The summed E-state index contributed by atoms with van der Waals surface area (Å²) in [6.45, 7) is 1.65. The van der Waals surface area contributed by atoms with E-state index in [1.54, 1.807) is 6.92 Å². The predicted molar refractivity (Wildman–Crippen MR) is 60.7 cm³/mol. The molecule has 1 fully saturated rings. The lowest BCUT2D eigenvalue weighted by molar-refractivity contribution is -0.119. The summed E-state index contributed by atoms with van der Waals surface area (Å²) >= 11 is 9.39. The molecule has 0 N–H and O–H groups in total. The number of benzene rings is 1. The molecule has 1 aromatic rings. The van der Waals surface area contributed by atoms with Gasteiger partial charge >= 0.3 is 0 Å². The zero-order valence-corrected chi connectivity index (χ0v) is 10.2. The van der Waals surface area contributed by atoms with Gasteiger partial charge in [-0.15, -0.1) is 0 Å². The highest BCUT2D eigenvalue weighted by atomic mass is 79.9. The van der Waals surface area contributed by atoms with Gasteiger partial charge in [0.15, 0.2) is 0 Å². The first kappa shape index (κ1) is 10.2. The summed E-state index contributed by atoms with van der Waals surface area (Å²) in [6.07, 6.45) is 1.89. The first-order chi connectivity index (χ1) is 6.56. The van der Waals surface area contributed by atoms with Crippen molar-refractivity contribution in [3.05, 3.63) is 33.3 Å². The number of carbonyl (C=O) groups excluding carboxylic acids is 1. The molecule has 0 unspecified atom stereocenters. The van der Waals surface area contributed by atoms with E-state index >= 15 is 0 Å². The van der Waals surface area contributed by atoms with Crippen molar-refractivity contribution >= 4 is 33.3 Å². The molecule has 0 bridgehead atoms. The minimum absolute atomic E-state index is 0.237. The lowest BCUT2D eigenvalue weighted by Gasteiger charge is -2.14. The summed E-state index contributed by atoms with van der Waals surface area (Å²) in [5.41, 5.74) is 0.793. The maximum absolute atomic E-state index is 11.5. The smallest absolute Gasteiger partial charge is 0.140 e. The number of hydrogen-bond donors (Lipinski definition) is 0. The minimum atomic E-state index is -0.246. The van der Waals surface area contributed by atoms with Crippen molar-refractivity contribution in [2.75, 3.05) is 0 Å². The third-order valence-corrected chi connectivity index (χ3v) is 3.79. The number of carbonyl (C=O) groups is 1. The van der Waals surface area contributed by atoms with Crippen molar-refractivity contribution < 1.29 is 4.79 Å². The Morgan fingerprint density at radius 1 is 1.50 bits per heavy atom. The topological polar surface area (TPSA) is 17.1 Å². The fraction of sp³-hybridized carbons (Fsp3) is 0.364. The van der Waals surface area contributed by atoms with Crippen LogP contribution in [0.1, 0.15) is 25.3 Å². The van der Waals surface area contributed by atoms with Gasteiger partial charge < -0.3 is 0 Å². The second-order valence-corrected chi connectivity index (χ2v) is 5.05.